The van der Waals surface area contributed by atoms with Gasteiger partial charge < -0.3 is 14.2 Å². The van der Waals surface area contributed by atoms with Crippen molar-refractivity contribution in [2.75, 3.05) is 6.61 Å². The molecule has 2 rings (SSSR count). The fourth-order valence-electron chi connectivity index (χ4n) is 3.11. The molecule has 0 saturated heterocycles. The van der Waals surface area contributed by atoms with Gasteiger partial charge in [-0.15, -0.1) is 0 Å². The Kier molecular flexibility index (Phi) is 8.71. The third-order valence-electron chi connectivity index (χ3n) is 4.54. The summed E-state index contributed by atoms with van der Waals surface area (Å²) in [7, 11) is 0. The predicted octanol–water partition coefficient (Wildman–Crippen LogP) is 7.02. The lowest BCUT2D eigenvalue weighted by molar-refractivity contribution is 0.104. The molecule has 2 aromatic carbocycles. The van der Waals surface area contributed by atoms with E-state index in [0.29, 0.717) is 23.7 Å². The second-order valence-corrected chi connectivity index (χ2v) is 9.30. The molecule has 172 valence electrons. The summed E-state index contributed by atoms with van der Waals surface area (Å²) in [4.78, 5) is 12.7. The van der Waals surface area contributed by atoms with Crippen LogP contribution in [-0.2, 0) is 5.41 Å². The molecule has 4 nitrogen and oxygen atoms in total. The lowest BCUT2D eigenvalue weighted by atomic mass is 9.85. The van der Waals surface area contributed by atoms with Crippen LogP contribution in [-0.4, -0.2) is 24.6 Å². The van der Waals surface area contributed by atoms with E-state index >= 15 is 0 Å². The summed E-state index contributed by atoms with van der Waals surface area (Å²) in [5.74, 6) is 2.08. The van der Waals surface area contributed by atoms with Crippen molar-refractivity contribution in [3.8, 4) is 17.2 Å². The number of hydrogen-bond acceptors (Lipinski definition) is 4. The van der Waals surface area contributed by atoms with Crippen LogP contribution in [0.5, 0.6) is 17.2 Å². The molecule has 0 saturated carbocycles. The molecule has 0 bridgehead atoms. The molecule has 0 amide bonds. The minimum Gasteiger partial charge on any atom is -0.490 e. The van der Waals surface area contributed by atoms with Gasteiger partial charge in [-0.3, -0.25) is 4.79 Å². The molecule has 0 aliphatic carbocycles. The van der Waals surface area contributed by atoms with Crippen molar-refractivity contribution < 1.29 is 19.0 Å². The first-order valence-electron chi connectivity index (χ1n) is 11.1. The van der Waals surface area contributed by atoms with Gasteiger partial charge in [-0.1, -0.05) is 39.5 Å². The van der Waals surface area contributed by atoms with Gasteiger partial charge >= 0.3 is 0 Å². The number of benzene rings is 2. The maximum absolute atomic E-state index is 12.7. The highest BCUT2D eigenvalue weighted by molar-refractivity contribution is 6.06. The number of hydrogen-bond donors (Lipinski definition) is 0. The normalized spacial score (nSPS) is 11.8. The van der Waals surface area contributed by atoms with Gasteiger partial charge in [0.15, 0.2) is 17.3 Å². The minimum atomic E-state index is -0.158. The van der Waals surface area contributed by atoms with Crippen molar-refractivity contribution in [2.24, 2.45) is 0 Å². The van der Waals surface area contributed by atoms with E-state index in [4.69, 9.17) is 14.2 Å². The van der Waals surface area contributed by atoms with Crippen molar-refractivity contribution in [1.29, 1.82) is 0 Å². The molecule has 32 heavy (non-hydrogen) atoms. The van der Waals surface area contributed by atoms with Crippen LogP contribution in [0.25, 0.3) is 6.08 Å². The Morgan fingerprint density at radius 3 is 2.16 bits per heavy atom. The highest BCUT2D eigenvalue weighted by Crippen LogP contribution is 2.41. The topological polar surface area (TPSA) is 44.8 Å². The zero-order chi connectivity index (χ0) is 23.9. The fourth-order valence-corrected chi connectivity index (χ4v) is 3.11. The summed E-state index contributed by atoms with van der Waals surface area (Å²) in [6.07, 6.45) is 5.12. The van der Waals surface area contributed by atoms with Gasteiger partial charge in [0.2, 0.25) is 0 Å². The zero-order valence-electron chi connectivity index (χ0n) is 20.4. The molecule has 0 N–H and O–H groups in total. The van der Waals surface area contributed by atoms with Crippen molar-refractivity contribution in [3.05, 3.63) is 71.8 Å². The van der Waals surface area contributed by atoms with Crippen LogP contribution in [0.1, 0.15) is 70.0 Å². The fraction of sp³-hybridized carbons (Fsp3) is 0.393. The van der Waals surface area contributed by atoms with Gasteiger partial charge in [-0.05, 0) is 81.1 Å². The maximum atomic E-state index is 12.7. The average Bonchev–Trinajstić information content (AvgIpc) is 2.70. The Hall–Kier alpha value is -3.01. The standard InChI is InChI=1S/C28H36O4/c1-9-16-30-23-13-11-22(12-14-23)25(29)15-10-21-17-24(28(6,7)8)27(32-20(4)5)26(18-21)31-19(2)3/h9-15,17-20H,1,16H2,2-8H3. The molecule has 0 fully saturated rings. The second-order valence-electron chi connectivity index (χ2n) is 9.30. The summed E-state index contributed by atoms with van der Waals surface area (Å²) in [5.41, 5.74) is 2.37. The smallest absolute Gasteiger partial charge is 0.185 e. The molecule has 0 aromatic heterocycles. The van der Waals surface area contributed by atoms with Crippen LogP contribution >= 0.6 is 0 Å². The Morgan fingerprint density at radius 2 is 1.62 bits per heavy atom. The summed E-state index contributed by atoms with van der Waals surface area (Å²) in [6, 6.07) is 11.1. The lowest BCUT2D eigenvalue weighted by Gasteiger charge is -2.27. The summed E-state index contributed by atoms with van der Waals surface area (Å²) in [5, 5.41) is 0. The van der Waals surface area contributed by atoms with Gasteiger partial charge in [0.05, 0.1) is 12.2 Å². The van der Waals surface area contributed by atoms with E-state index in [-0.39, 0.29) is 23.4 Å². The van der Waals surface area contributed by atoms with E-state index in [1.165, 1.54) is 0 Å². The molecule has 0 spiro atoms. The third-order valence-corrected chi connectivity index (χ3v) is 4.54. The summed E-state index contributed by atoms with van der Waals surface area (Å²) < 4.78 is 17.7. The molecule has 0 aliphatic rings. The molecule has 0 aliphatic heterocycles. The van der Waals surface area contributed by atoms with E-state index < -0.39 is 0 Å². The molecule has 0 radical (unpaired) electrons. The Balaban J connectivity index is 2.38. The lowest BCUT2D eigenvalue weighted by Crippen LogP contribution is -2.18. The average molecular weight is 437 g/mol. The minimum absolute atomic E-state index is 0.0000140. The first-order chi connectivity index (χ1) is 15.0. The number of rotatable bonds is 10. The van der Waals surface area contributed by atoms with Crippen LogP contribution in [0.3, 0.4) is 0 Å². The van der Waals surface area contributed by atoms with E-state index in [1.54, 1.807) is 36.4 Å². The van der Waals surface area contributed by atoms with Crippen molar-refractivity contribution >= 4 is 11.9 Å². The van der Waals surface area contributed by atoms with Crippen molar-refractivity contribution in [3.63, 3.8) is 0 Å². The van der Waals surface area contributed by atoms with E-state index in [1.807, 2.05) is 39.8 Å². The molecule has 2 aromatic rings. The number of carbonyl (C=O) groups is 1. The monoisotopic (exact) mass is 436 g/mol. The van der Waals surface area contributed by atoms with E-state index in [0.717, 1.165) is 16.9 Å². The van der Waals surface area contributed by atoms with Gasteiger partial charge in [0.25, 0.3) is 0 Å². The molecule has 0 heterocycles. The Labute approximate surface area is 192 Å². The highest BCUT2D eigenvalue weighted by Gasteiger charge is 2.24. The SMILES string of the molecule is C=CCOc1ccc(C(=O)C=Cc2cc(OC(C)C)c(OC(C)C)c(C(C)(C)C)c2)cc1. The van der Waals surface area contributed by atoms with Gasteiger partial charge in [0, 0.05) is 11.1 Å². The third kappa shape index (κ3) is 7.30. The number of allylic oxidation sites excluding steroid dienone is 1. The quantitative estimate of drug-likeness (QED) is 0.228. The highest BCUT2D eigenvalue weighted by atomic mass is 16.5. The van der Waals surface area contributed by atoms with Crippen LogP contribution in [0.4, 0.5) is 0 Å². The molecule has 0 atom stereocenters. The molecule has 0 unspecified atom stereocenters. The molecular weight excluding hydrogens is 400 g/mol. The Morgan fingerprint density at radius 1 is 1.00 bits per heavy atom. The number of ether oxygens (including phenoxy) is 3. The van der Waals surface area contributed by atoms with E-state index in [2.05, 4.69) is 33.4 Å². The number of ketones is 1. The largest absolute Gasteiger partial charge is 0.490 e. The maximum Gasteiger partial charge on any atom is 0.185 e. The van der Waals surface area contributed by atoms with Crippen LogP contribution in [0.2, 0.25) is 0 Å². The predicted molar refractivity (Wildman–Crippen MR) is 132 cm³/mol. The van der Waals surface area contributed by atoms with Gasteiger partial charge in [-0.2, -0.15) is 0 Å². The van der Waals surface area contributed by atoms with Crippen LogP contribution in [0, 0.1) is 0 Å². The first-order valence-corrected chi connectivity index (χ1v) is 11.1. The van der Waals surface area contributed by atoms with Crippen LogP contribution < -0.4 is 14.2 Å². The Bertz CT molecular complexity index is 945. The van der Waals surface area contributed by atoms with Crippen LogP contribution in [0.15, 0.2) is 55.1 Å². The van der Waals surface area contributed by atoms with Crippen molar-refractivity contribution in [2.45, 2.75) is 66.1 Å². The summed E-state index contributed by atoms with van der Waals surface area (Å²) >= 11 is 0. The van der Waals surface area contributed by atoms with E-state index in [9.17, 15) is 4.79 Å². The zero-order valence-corrected chi connectivity index (χ0v) is 20.4. The number of carbonyl (C=O) groups excluding carboxylic acids is 1. The molecule has 4 heteroatoms. The van der Waals surface area contributed by atoms with Gasteiger partial charge in [-0.25, -0.2) is 0 Å². The second kappa shape index (κ2) is 11.0. The molecular formula is C28H36O4. The first kappa shape index (κ1) is 25.3. The van der Waals surface area contributed by atoms with Crippen molar-refractivity contribution in [1.82, 2.24) is 0 Å². The van der Waals surface area contributed by atoms with Gasteiger partial charge in [0.1, 0.15) is 12.4 Å². The summed E-state index contributed by atoms with van der Waals surface area (Å²) in [6.45, 7) is 18.5.